The number of hydrogen-bond donors (Lipinski definition) is 0. The van der Waals surface area contributed by atoms with E-state index in [0.29, 0.717) is 10.1 Å². The van der Waals surface area contributed by atoms with Crippen LogP contribution in [0, 0.1) is 0 Å². The molecule has 0 bridgehead atoms. The topological polar surface area (TPSA) is 34.1 Å². The molecule has 0 aliphatic carbocycles. The van der Waals surface area contributed by atoms with Gasteiger partial charge >= 0.3 is 12.4 Å². The van der Waals surface area contributed by atoms with Gasteiger partial charge in [-0.1, -0.05) is 0 Å². The molecule has 0 unspecified atom stereocenters. The van der Waals surface area contributed by atoms with Gasteiger partial charge in [-0.15, -0.1) is 0 Å². The van der Waals surface area contributed by atoms with Crippen molar-refractivity contribution in [1.29, 1.82) is 0 Å². The van der Waals surface area contributed by atoms with Crippen molar-refractivity contribution >= 4 is 35.2 Å². The van der Waals surface area contributed by atoms with Gasteiger partial charge in [-0.25, -0.2) is 0 Å². The van der Waals surface area contributed by atoms with Crippen molar-refractivity contribution in [3.8, 4) is 0 Å². The maximum absolute atomic E-state index is 8.28. The van der Waals surface area contributed by atoms with E-state index in [4.69, 9.17) is 9.17 Å². The van der Waals surface area contributed by atoms with Gasteiger partial charge < -0.3 is 4.46 Å². The van der Waals surface area contributed by atoms with E-state index < -0.39 is 0 Å². The molecule has 0 fully saturated rings. The first-order valence-corrected chi connectivity index (χ1v) is 1.15. The standard InChI is InChI=1S/Al.BHO.H2OSi/c;2*1-2/h;1H;2H2. The van der Waals surface area contributed by atoms with Crippen LogP contribution in [0.25, 0.3) is 0 Å². The summed E-state index contributed by atoms with van der Waals surface area (Å²) in [6.07, 6.45) is 0. The van der Waals surface area contributed by atoms with E-state index in [-0.39, 0.29) is 17.4 Å². The van der Waals surface area contributed by atoms with Crippen LogP contribution in [0.15, 0.2) is 0 Å². The zero-order valence-electron chi connectivity index (χ0n) is 2.81. The second-order valence-electron chi connectivity index (χ2n) is 0. The van der Waals surface area contributed by atoms with E-state index in [1.165, 1.54) is 0 Å². The van der Waals surface area contributed by atoms with Crippen LogP contribution in [0.4, 0.5) is 0 Å². The Bertz CT molecular complexity index is 11.6. The Morgan fingerprint density at radius 2 is 1.20 bits per heavy atom. The Balaban J connectivity index is -0.0000000133. The van der Waals surface area contributed by atoms with Gasteiger partial charge in [0.05, 0.1) is 0 Å². The summed E-state index contributed by atoms with van der Waals surface area (Å²) in [6.45, 7) is 0. The van der Waals surface area contributed by atoms with E-state index in [9.17, 15) is 0 Å². The molecule has 0 atom stereocenters. The Morgan fingerprint density at radius 3 is 1.20 bits per heavy atom. The van der Waals surface area contributed by atoms with E-state index in [2.05, 4.69) is 0 Å². The molecule has 0 N–H and O–H groups in total. The molecule has 0 aromatic carbocycles. The summed E-state index contributed by atoms with van der Waals surface area (Å²) < 4.78 is 16.3. The van der Waals surface area contributed by atoms with Gasteiger partial charge in [-0.2, -0.15) is 0 Å². The Morgan fingerprint density at radius 1 is 1.20 bits per heavy atom. The van der Waals surface area contributed by atoms with Crippen LogP contribution in [-0.4, -0.2) is 35.2 Å². The third-order valence-electron chi connectivity index (χ3n) is 0. The molecular formula is H3AlBO2Si. The van der Waals surface area contributed by atoms with Crippen LogP contribution in [0.3, 0.4) is 0 Å². The normalized spacial score (nSPS) is 1.40. The summed E-state index contributed by atoms with van der Waals surface area (Å²) in [6, 6.07) is 0. The van der Waals surface area contributed by atoms with Crippen LogP contribution in [0.2, 0.25) is 0 Å². The van der Waals surface area contributed by atoms with Crippen molar-refractivity contribution in [2.75, 3.05) is 0 Å². The van der Waals surface area contributed by atoms with Crippen molar-refractivity contribution < 1.29 is 9.17 Å². The first-order chi connectivity index (χ1) is 2.00. The van der Waals surface area contributed by atoms with Crippen LogP contribution in [0.5, 0.6) is 0 Å². The van der Waals surface area contributed by atoms with Crippen LogP contribution in [-0.2, 0) is 9.17 Å². The molecule has 2 nitrogen and oxygen atoms in total. The third kappa shape index (κ3) is 150. The predicted octanol–water partition coefficient (Wildman–Crippen LogP) is -2.18. The van der Waals surface area contributed by atoms with Crippen LogP contribution in [0.1, 0.15) is 0 Å². The van der Waals surface area contributed by atoms with Crippen molar-refractivity contribution in [1.82, 2.24) is 0 Å². The SMILES string of the molecule is B=O.O=[SiH2].[Al]. The Labute approximate surface area is 45.0 Å². The second-order valence-corrected chi connectivity index (χ2v) is 0. The molecule has 0 spiro atoms. The average Bonchev–Trinajstić information content (AvgIpc) is 1.50. The first kappa shape index (κ1) is 18.1. The molecule has 0 saturated carbocycles. The minimum Gasteiger partial charge on any atom is -0.396 e. The number of rotatable bonds is 0. The average molecular weight is 101 g/mol. The fourth-order valence-corrected chi connectivity index (χ4v) is 0. The summed E-state index contributed by atoms with van der Waals surface area (Å²) >= 11 is 0. The van der Waals surface area contributed by atoms with Gasteiger partial charge in [0.2, 0.25) is 10.1 Å². The molecule has 0 rings (SSSR count). The zero-order valence-corrected chi connectivity index (χ0v) is 5.38. The summed E-state index contributed by atoms with van der Waals surface area (Å²) in [5.41, 5.74) is 0. The molecule has 3 radical (unpaired) electrons. The van der Waals surface area contributed by atoms with E-state index in [0.717, 1.165) is 0 Å². The summed E-state index contributed by atoms with van der Waals surface area (Å²) in [4.78, 5) is 0. The molecular weight excluding hydrogens is 97.9 g/mol. The fraction of sp³-hybridized carbons (Fsp3) is 0. The molecule has 0 aliphatic heterocycles. The van der Waals surface area contributed by atoms with Crippen molar-refractivity contribution in [3.05, 3.63) is 0 Å². The maximum atomic E-state index is 8.28. The predicted molar refractivity (Wildman–Crippen MR) is 22.8 cm³/mol. The fourth-order valence-electron chi connectivity index (χ4n) is 0. The van der Waals surface area contributed by atoms with Gasteiger partial charge in [-0.05, 0) is 0 Å². The molecule has 0 aromatic rings. The molecule has 5 heavy (non-hydrogen) atoms. The zero-order chi connectivity index (χ0) is 4.00. The van der Waals surface area contributed by atoms with Crippen molar-refractivity contribution in [2.24, 2.45) is 0 Å². The third-order valence-corrected chi connectivity index (χ3v) is 0. The molecule has 0 aliphatic rings. The van der Waals surface area contributed by atoms with Gasteiger partial charge in [-0.3, -0.25) is 0 Å². The van der Waals surface area contributed by atoms with E-state index in [1.54, 1.807) is 0 Å². The molecule has 0 aromatic heterocycles. The van der Waals surface area contributed by atoms with Crippen LogP contribution < -0.4 is 0 Å². The summed E-state index contributed by atoms with van der Waals surface area (Å²) in [5, 5.41) is 0. The minimum atomic E-state index is 0. The largest absolute Gasteiger partial charge is 0.396 e. The molecule has 5 heteroatoms. The van der Waals surface area contributed by atoms with Crippen molar-refractivity contribution in [3.63, 3.8) is 0 Å². The van der Waals surface area contributed by atoms with E-state index in [1.807, 2.05) is 7.72 Å². The summed E-state index contributed by atoms with van der Waals surface area (Å²) in [5.74, 6) is 0. The van der Waals surface area contributed by atoms with Gasteiger partial charge in [0, 0.05) is 17.4 Å². The number of hydrogen-bond acceptors (Lipinski definition) is 2. The summed E-state index contributed by atoms with van der Waals surface area (Å²) in [7, 11) is 2.61. The van der Waals surface area contributed by atoms with Gasteiger partial charge in [0.15, 0.2) is 0 Å². The van der Waals surface area contributed by atoms with Crippen molar-refractivity contribution in [2.45, 2.75) is 0 Å². The quantitative estimate of drug-likeness (QED) is 0.325. The molecule has 0 saturated heterocycles. The van der Waals surface area contributed by atoms with Gasteiger partial charge in [0.1, 0.15) is 0 Å². The molecule has 0 heterocycles. The van der Waals surface area contributed by atoms with Crippen LogP contribution >= 0.6 is 0 Å². The minimum absolute atomic E-state index is 0. The first-order valence-electron chi connectivity index (χ1n) is 0.577. The van der Waals surface area contributed by atoms with E-state index >= 15 is 0 Å². The molecule has 25 valence electrons. The molecule has 0 amide bonds. The smallest absolute Gasteiger partial charge is 0.245 e. The Kier molecular flexibility index (Phi) is 1090. The second kappa shape index (κ2) is 300. The Hall–Kier alpha value is 0.414. The maximum Gasteiger partial charge on any atom is 0.245 e. The monoisotopic (exact) mass is 101 g/mol. The van der Waals surface area contributed by atoms with Gasteiger partial charge in [0.25, 0.3) is 0 Å².